The minimum Gasteiger partial charge on any atom is -0.477 e. The maximum atomic E-state index is 13.7. The molecule has 2 atom stereocenters. The van der Waals surface area contributed by atoms with Crippen LogP contribution in [0.2, 0.25) is 5.02 Å². The number of amides is 2. The van der Waals surface area contributed by atoms with Crippen LogP contribution in [0.3, 0.4) is 0 Å². The number of ether oxygens (including phenoxy) is 1. The first-order chi connectivity index (χ1) is 17.9. The van der Waals surface area contributed by atoms with Crippen LogP contribution in [0.25, 0.3) is 0 Å². The number of nitrogens with zero attached hydrogens (tertiary/aromatic N) is 3. The number of hydrogen-bond acceptors (Lipinski definition) is 4. The minimum absolute atomic E-state index is 0.0330. The van der Waals surface area contributed by atoms with Gasteiger partial charge in [-0.15, -0.1) is 0 Å². The molecule has 2 aliphatic heterocycles. The Balaban J connectivity index is 1.22. The number of hydrogen-bond donors (Lipinski definition) is 0. The molecule has 198 valence electrons. The summed E-state index contributed by atoms with van der Waals surface area (Å²) in [5.74, 6) is 0.826. The van der Waals surface area contributed by atoms with E-state index < -0.39 is 0 Å². The molecule has 1 saturated carbocycles. The number of carbonyl (C=O) groups excluding carboxylic acids is 2. The number of carbonyl (C=O) groups is 2. The van der Waals surface area contributed by atoms with Gasteiger partial charge in [0.2, 0.25) is 17.7 Å². The van der Waals surface area contributed by atoms with Gasteiger partial charge < -0.3 is 14.5 Å². The third kappa shape index (κ3) is 6.05. The van der Waals surface area contributed by atoms with Crippen molar-refractivity contribution in [2.75, 3.05) is 37.2 Å². The van der Waals surface area contributed by atoms with Gasteiger partial charge >= 0.3 is 0 Å². The molecule has 0 radical (unpaired) electrons. The largest absolute Gasteiger partial charge is 0.477 e. The highest BCUT2D eigenvalue weighted by atomic mass is 127. The van der Waals surface area contributed by atoms with Crippen LogP contribution in [0, 0.1) is 23.1 Å². The first kappa shape index (κ1) is 26.7. The zero-order chi connectivity index (χ0) is 26.0. The molecule has 0 spiro atoms. The molecule has 9 heteroatoms. The van der Waals surface area contributed by atoms with Gasteiger partial charge in [0, 0.05) is 60.6 Å². The lowest BCUT2D eigenvalue weighted by atomic mass is 9.80. The fourth-order valence-corrected chi connectivity index (χ4v) is 6.81. The van der Waals surface area contributed by atoms with Gasteiger partial charge in [-0.1, -0.05) is 46.3 Å². The van der Waals surface area contributed by atoms with Gasteiger partial charge in [0.15, 0.2) is 0 Å². The van der Waals surface area contributed by atoms with Crippen molar-refractivity contribution in [3.8, 4) is 5.88 Å². The standard InChI is InChI=1S/C28H32ClFIN3O3/c29-22-3-6-25(32-15-22)37-17-21-9-14-34(16-24(21)19-1-4-23(30)5-2-19)26(35)20-7-12-33(13-8-20)27(36)28(18-31)10-11-28/h1-6,15,20-21,24H,7-14,16-18H2. The van der Waals surface area contributed by atoms with Crippen LogP contribution >= 0.6 is 34.2 Å². The second-order valence-corrected chi connectivity index (χ2v) is 11.8. The second kappa shape index (κ2) is 11.4. The van der Waals surface area contributed by atoms with Gasteiger partial charge in [-0.2, -0.15) is 0 Å². The first-order valence-corrected chi connectivity index (χ1v) is 14.9. The summed E-state index contributed by atoms with van der Waals surface area (Å²) >= 11 is 8.25. The van der Waals surface area contributed by atoms with Crippen LogP contribution in [0.4, 0.5) is 4.39 Å². The van der Waals surface area contributed by atoms with E-state index in [9.17, 15) is 14.0 Å². The van der Waals surface area contributed by atoms with Crippen molar-refractivity contribution in [3.63, 3.8) is 0 Å². The molecule has 1 aromatic carbocycles. The Bertz CT molecular complexity index is 1100. The maximum Gasteiger partial charge on any atom is 0.229 e. The highest BCUT2D eigenvalue weighted by Crippen LogP contribution is 2.49. The monoisotopic (exact) mass is 639 g/mol. The molecule has 3 fully saturated rings. The molecule has 1 aliphatic carbocycles. The summed E-state index contributed by atoms with van der Waals surface area (Å²) in [5.41, 5.74) is 0.871. The van der Waals surface area contributed by atoms with E-state index in [0.29, 0.717) is 56.5 Å². The molecule has 2 amide bonds. The summed E-state index contributed by atoms with van der Waals surface area (Å²) < 4.78 is 20.5. The highest BCUT2D eigenvalue weighted by Gasteiger charge is 2.51. The van der Waals surface area contributed by atoms with E-state index in [1.807, 2.05) is 21.9 Å². The third-order valence-electron chi connectivity index (χ3n) is 8.21. The Labute approximate surface area is 236 Å². The molecule has 5 rings (SSSR count). The fourth-order valence-electron chi connectivity index (χ4n) is 5.61. The number of halogens is 3. The minimum atomic E-state index is -0.275. The van der Waals surface area contributed by atoms with Crippen LogP contribution in [0.1, 0.15) is 43.6 Å². The fraction of sp³-hybridized carbons (Fsp3) is 0.536. The highest BCUT2D eigenvalue weighted by molar-refractivity contribution is 14.1. The zero-order valence-corrected chi connectivity index (χ0v) is 23.7. The van der Waals surface area contributed by atoms with Gasteiger partial charge in [0.1, 0.15) is 5.82 Å². The molecule has 37 heavy (non-hydrogen) atoms. The SMILES string of the molecule is O=C(C1CCN(C(=O)C2(CI)CC2)CC1)N1CCC(COc2ccc(Cl)cn2)C(c2ccc(F)cc2)C1. The third-order valence-corrected chi connectivity index (χ3v) is 9.89. The molecule has 2 aromatic rings. The molecule has 1 aromatic heterocycles. The van der Waals surface area contributed by atoms with E-state index >= 15 is 0 Å². The normalized spacial score (nSPS) is 23.5. The number of rotatable bonds is 7. The van der Waals surface area contributed by atoms with E-state index in [2.05, 4.69) is 27.6 Å². The topological polar surface area (TPSA) is 62.7 Å². The molecule has 2 saturated heterocycles. The van der Waals surface area contributed by atoms with E-state index in [0.717, 1.165) is 29.3 Å². The Hall–Kier alpha value is -1.94. The van der Waals surface area contributed by atoms with Crippen molar-refractivity contribution >= 4 is 46.0 Å². The molecule has 0 bridgehead atoms. The lowest BCUT2D eigenvalue weighted by molar-refractivity contribution is -0.144. The lowest BCUT2D eigenvalue weighted by Gasteiger charge is -2.41. The molecule has 3 aliphatic rings. The van der Waals surface area contributed by atoms with Gasteiger partial charge in [0.05, 0.1) is 17.0 Å². The molecule has 3 heterocycles. The molecule has 2 unspecified atom stereocenters. The number of piperidine rings is 2. The summed E-state index contributed by atoms with van der Waals surface area (Å²) in [6, 6.07) is 10.1. The lowest BCUT2D eigenvalue weighted by Crippen LogP contribution is -2.50. The quantitative estimate of drug-likeness (QED) is 0.303. The zero-order valence-electron chi connectivity index (χ0n) is 20.8. The van der Waals surface area contributed by atoms with Crippen LogP contribution in [0.15, 0.2) is 42.6 Å². The van der Waals surface area contributed by atoms with Gasteiger partial charge in [-0.3, -0.25) is 9.59 Å². The molecule has 6 nitrogen and oxygen atoms in total. The maximum absolute atomic E-state index is 13.7. The van der Waals surface area contributed by atoms with Crippen molar-refractivity contribution < 1.29 is 18.7 Å². The second-order valence-electron chi connectivity index (χ2n) is 10.6. The Kier molecular flexibility index (Phi) is 8.24. The molecular weight excluding hydrogens is 608 g/mol. The number of benzene rings is 1. The Morgan fingerprint density at radius 3 is 2.38 bits per heavy atom. The first-order valence-electron chi connectivity index (χ1n) is 13.0. The predicted octanol–water partition coefficient (Wildman–Crippen LogP) is 5.34. The van der Waals surface area contributed by atoms with Crippen molar-refractivity contribution in [2.24, 2.45) is 17.3 Å². The van der Waals surface area contributed by atoms with Crippen LogP contribution in [0.5, 0.6) is 5.88 Å². The smallest absolute Gasteiger partial charge is 0.229 e. The summed E-state index contributed by atoms with van der Waals surface area (Å²) in [5, 5.41) is 0.551. The summed E-state index contributed by atoms with van der Waals surface area (Å²) in [4.78, 5) is 34.6. The van der Waals surface area contributed by atoms with Crippen molar-refractivity contribution in [1.82, 2.24) is 14.8 Å². The number of aromatic nitrogens is 1. The summed E-state index contributed by atoms with van der Waals surface area (Å²) in [6.07, 6.45) is 5.76. The van der Waals surface area contributed by atoms with Crippen LogP contribution in [-0.4, -0.2) is 63.8 Å². The van der Waals surface area contributed by atoms with E-state index in [-0.39, 0.29) is 40.8 Å². The van der Waals surface area contributed by atoms with E-state index in [4.69, 9.17) is 16.3 Å². The Morgan fingerprint density at radius 2 is 1.76 bits per heavy atom. The van der Waals surface area contributed by atoms with Crippen LogP contribution < -0.4 is 4.74 Å². The van der Waals surface area contributed by atoms with E-state index in [1.54, 1.807) is 18.3 Å². The molecule has 0 N–H and O–H groups in total. The van der Waals surface area contributed by atoms with Gasteiger partial charge in [-0.05, 0) is 55.9 Å². The number of likely N-dealkylation sites (tertiary alicyclic amines) is 2. The average molecular weight is 640 g/mol. The predicted molar refractivity (Wildman–Crippen MR) is 148 cm³/mol. The van der Waals surface area contributed by atoms with E-state index in [1.165, 1.54) is 12.1 Å². The summed E-state index contributed by atoms with van der Waals surface area (Å²) in [7, 11) is 0. The Morgan fingerprint density at radius 1 is 1.05 bits per heavy atom. The molecular formula is C28H32ClFIN3O3. The average Bonchev–Trinajstić information content (AvgIpc) is 3.74. The van der Waals surface area contributed by atoms with Crippen molar-refractivity contribution in [2.45, 2.75) is 38.0 Å². The van der Waals surface area contributed by atoms with Gasteiger partial charge in [0.25, 0.3) is 0 Å². The van der Waals surface area contributed by atoms with Crippen LogP contribution in [-0.2, 0) is 9.59 Å². The van der Waals surface area contributed by atoms with Crippen molar-refractivity contribution in [1.29, 1.82) is 0 Å². The number of alkyl halides is 1. The van der Waals surface area contributed by atoms with Gasteiger partial charge in [-0.25, -0.2) is 9.37 Å². The number of pyridine rings is 1. The van der Waals surface area contributed by atoms with Crippen molar-refractivity contribution in [3.05, 3.63) is 59.0 Å². The summed E-state index contributed by atoms with van der Waals surface area (Å²) in [6.45, 7) is 3.01.